The third-order valence-corrected chi connectivity index (χ3v) is 3.99. The van der Waals surface area contributed by atoms with Crippen molar-refractivity contribution < 1.29 is 0 Å². The number of anilines is 3. The van der Waals surface area contributed by atoms with E-state index in [2.05, 4.69) is 66.8 Å². The van der Waals surface area contributed by atoms with Crippen LogP contribution < -0.4 is 10.2 Å². The highest BCUT2D eigenvalue weighted by molar-refractivity contribution is 14.0. The zero-order valence-electron chi connectivity index (χ0n) is 11.1. The number of hydrogen-bond acceptors (Lipinski definition) is 3. The number of halogens is 3. The van der Waals surface area contributed by atoms with E-state index in [1.807, 2.05) is 11.8 Å². The SMILES string of the molecule is CN(C)c1ccc2c(c1)Sc1ccccc1N2.I.I.I. The summed E-state index contributed by atoms with van der Waals surface area (Å²) in [6.07, 6.45) is 0. The van der Waals surface area contributed by atoms with Crippen LogP contribution in [0.25, 0.3) is 0 Å². The quantitative estimate of drug-likeness (QED) is 0.344. The van der Waals surface area contributed by atoms with Crippen molar-refractivity contribution in [3.8, 4) is 0 Å². The third kappa shape index (κ3) is 4.29. The molecule has 2 aromatic rings. The molecule has 0 bridgehead atoms. The van der Waals surface area contributed by atoms with Crippen LogP contribution in [0.2, 0.25) is 0 Å². The number of rotatable bonds is 1. The van der Waals surface area contributed by atoms with Gasteiger partial charge in [0.1, 0.15) is 0 Å². The Balaban J connectivity index is 0.00000120. The summed E-state index contributed by atoms with van der Waals surface area (Å²) in [5, 5.41) is 3.47. The molecule has 3 rings (SSSR count). The third-order valence-electron chi connectivity index (χ3n) is 2.86. The van der Waals surface area contributed by atoms with Crippen molar-refractivity contribution in [2.75, 3.05) is 24.3 Å². The van der Waals surface area contributed by atoms with Gasteiger partial charge in [-0.15, -0.1) is 71.9 Å². The molecule has 1 aliphatic rings. The van der Waals surface area contributed by atoms with Gasteiger partial charge >= 0.3 is 0 Å². The fourth-order valence-corrected chi connectivity index (χ4v) is 2.92. The maximum Gasteiger partial charge on any atom is 0.0527 e. The van der Waals surface area contributed by atoms with E-state index < -0.39 is 0 Å². The second-order valence-electron chi connectivity index (χ2n) is 4.30. The van der Waals surface area contributed by atoms with Crippen LogP contribution in [0, 0.1) is 0 Å². The number of para-hydroxylation sites is 1. The van der Waals surface area contributed by atoms with Crippen LogP contribution in [-0.2, 0) is 0 Å². The highest BCUT2D eigenvalue weighted by atomic mass is 127. The van der Waals surface area contributed by atoms with Crippen molar-refractivity contribution in [1.29, 1.82) is 0 Å². The molecule has 20 heavy (non-hydrogen) atoms. The van der Waals surface area contributed by atoms with Crippen molar-refractivity contribution in [3.05, 3.63) is 42.5 Å². The molecule has 1 N–H and O–H groups in total. The van der Waals surface area contributed by atoms with Gasteiger partial charge in [0.25, 0.3) is 0 Å². The molecule has 2 aromatic carbocycles. The Bertz CT molecular complexity index is 576. The van der Waals surface area contributed by atoms with Gasteiger partial charge in [-0.2, -0.15) is 0 Å². The van der Waals surface area contributed by atoms with E-state index in [9.17, 15) is 0 Å². The highest BCUT2D eigenvalue weighted by Crippen LogP contribution is 2.44. The molecule has 1 aliphatic heterocycles. The molecule has 0 fully saturated rings. The molecule has 0 amide bonds. The predicted octanol–water partition coefficient (Wildman–Crippen LogP) is 5.81. The number of fused-ring (bicyclic) bond motifs is 2. The van der Waals surface area contributed by atoms with E-state index in [1.54, 1.807) is 0 Å². The monoisotopic (exact) mass is 626 g/mol. The van der Waals surface area contributed by atoms with Gasteiger partial charge in [0, 0.05) is 29.6 Å². The maximum absolute atomic E-state index is 3.47. The number of benzene rings is 2. The molecule has 0 saturated carbocycles. The molecule has 0 radical (unpaired) electrons. The van der Waals surface area contributed by atoms with Gasteiger partial charge in [-0.1, -0.05) is 23.9 Å². The summed E-state index contributed by atoms with van der Waals surface area (Å²) in [6, 6.07) is 14.9. The molecule has 1 heterocycles. The van der Waals surface area contributed by atoms with Gasteiger partial charge in [-0.25, -0.2) is 0 Å². The summed E-state index contributed by atoms with van der Waals surface area (Å²) < 4.78 is 0. The van der Waals surface area contributed by atoms with Gasteiger partial charge in [0.05, 0.1) is 11.4 Å². The predicted molar refractivity (Wildman–Crippen MR) is 121 cm³/mol. The van der Waals surface area contributed by atoms with Gasteiger partial charge in [-0.05, 0) is 30.3 Å². The summed E-state index contributed by atoms with van der Waals surface area (Å²) in [4.78, 5) is 4.70. The lowest BCUT2D eigenvalue weighted by Crippen LogP contribution is -2.09. The first kappa shape index (κ1) is 20.6. The Morgan fingerprint density at radius 1 is 0.850 bits per heavy atom. The minimum Gasteiger partial charge on any atom is -0.378 e. The standard InChI is InChI=1S/C14H14N2S.3HI/c1-16(2)10-7-8-12-14(9-10)17-13-6-4-3-5-11(13)15-12;;;/h3-9,15H,1-2H3;3*1H. The van der Waals surface area contributed by atoms with Crippen LogP contribution in [0.1, 0.15) is 0 Å². The average molecular weight is 626 g/mol. The first-order valence-electron chi connectivity index (χ1n) is 5.59. The highest BCUT2D eigenvalue weighted by Gasteiger charge is 2.15. The molecule has 0 unspecified atom stereocenters. The van der Waals surface area contributed by atoms with Crippen LogP contribution in [0.5, 0.6) is 0 Å². The zero-order chi connectivity index (χ0) is 11.8. The number of hydrogen-bond donors (Lipinski definition) is 1. The molecule has 0 spiro atoms. The minimum absolute atomic E-state index is 0. The summed E-state index contributed by atoms with van der Waals surface area (Å²) in [6.45, 7) is 0. The first-order valence-corrected chi connectivity index (χ1v) is 6.41. The van der Waals surface area contributed by atoms with Crippen molar-refractivity contribution in [1.82, 2.24) is 0 Å². The molecule has 0 atom stereocenters. The Labute approximate surface area is 175 Å². The van der Waals surface area contributed by atoms with E-state index in [4.69, 9.17) is 0 Å². The summed E-state index contributed by atoms with van der Waals surface area (Å²) >= 11 is 1.82. The fraction of sp³-hybridized carbons (Fsp3) is 0.143. The van der Waals surface area contributed by atoms with Crippen LogP contribution in [0.15, 0.2) is 52.3 Å². The lowest BCUT2D eigenvalue weighted by Gasteiger charge is -2.22. The van der Waals surface area contributed by atoms with Crippen molar-refractivity contribution in [2.24, 2.45) is 0 Å². The van der Waals surface area contributed by atoms with Crippen LogP contribution in [-0.4, -0.2) is 14.1 Å². The first-order chi connectivity index (χ1) is 8.24. The molecule has 0 saturated heterocycles. The second-order valence-corrected chi connectivity index (χ2v) is 5.38. The van der Waals surface area contributed by atoms with Crippen LogP contribution in [0.3, 0.4) is 0 Å². The van der Waals surface area contributed by atoms with Gasteiger partial charge in [0.2, 0.25) is 0 Å². The van der Waals surface area contributed by atoms with E-state index in [-0.39, 0.29) is 71.9 Å². The van der Waals surface area contributed by atoms with Crippen LogP contribution in [0.4, 0.5) is 17.1 Å². The average Bonchev–Trinajstić information content (AvgIpc) is 2.35. The van der Waals surface area contributed by atoms with E-state index in [0.29, 0.717) is 0 Å². The van der Waals surface area contributed by atoms with Crippen LogP contribution >= 0.6 is 83.7 Å². The lowest BCUT2D eigenvalue weighted by atomic mass is 10.2. The number of nitrogens with one attached hydrogen (secondary N) is 1. The second kappa shape index (κ2) is 8.89. The van der Waals surface area contributed by atoms with E-state index in [0.717, 1.165) is 0 Å². The minimum atomic E-state index is 0. The fourth-order valence-electron chi connectivity index (χ4n) is 1.90. The molecular formula is C14H17I3N2S. The van der Waals surface area contributed by atoms with E-state index in [1.165, 1.54) is 26.9 Å². The van der Waals surface area contributed by atoms with Gasteiger partial charge in [-0.3, -0.25) is 0 Å². The normalized spacial score (nSPS) is 10.5. The van der Waals surface area contributed by atoms with Gasteiger partial charge in [0.15, 0.2) is 0 Å². The molecule has 0 aromatic heterocycles. The largest absolute Gasteiger partial charge is 0.378 e. The Kier molecular flexibility index (Phi) is 9.14. The van der Waals surface area contributed by atoms with Crippen molar-refractivity contribution >= 4 is 101 Å². The van der Waals surface area contributed by atoms with Gasteiger partial charge < -0.3 is 10.2 Å². The topological polar surface area (TPSA) is 15.3 Å². The lowest BCUT2D eigenvalue weighted by molar-refractivity contribution is 1.12. The molecule has 6 heteroatoms. The molecule has 0 aliphatic carbocycles. The van der Waals surface area contributed by atoms with E-state index >= 15 is 0 Å². The maximum atomic E-state index is 3.47. The Hall–Kier alpha value is 0.580. The molecule has 2 nitrogen and oxygen atoms in total. The Morgan fingerprint density at radius 3 is 2.20 bits per heavy atom. The van der Waals surface area contributed by atoms with Crippen molar-refractivity contribution in [2.45, 2.75) is 9.79 Å². The summed E-state index contributed by atoms with van der Waals surface area (Å²) in [7, 11) is 4.13. The molecular weight excluding hydrogens is 609 g/mol. The Morgan fingerprint density at radius 2 is 1.50 bits per heavy atom. The summed E-state index contributed by atoms with van der Waals surface area (Å²) in [5.74, 6) is 0. The number of nitrogens with zero attached hydrogens (tertiary/aromatic N) is 1. The van der Waals surface area contributed by atoms with Crippen molar-refractivity contribution in [3.63, 3.8) is 0 Å². The molecule has 110 valence electrons. The zero-order valence-corrected chi connectivity index (χ0v) is 18.9. The smallest absolute Gasteiger partial charge is 0.0527 e. The summed E-state index contributed by atoms with van der Waals surface area (Å²) in [5.41, 5.74) is 3.62.